The van der Waals surface area contributed by atoms with E-state index >= 15 is 0 Å². The van der Waals surface area contributed by atoms with E-state index in [2.05, 4.69) is 43.2 Å². The third kappa shape index (κ3) is 6.71. The Kier molecular flexibility index (Phi) is 8.15. The van der Waals surface area contributed by atoms with E-state index in [-0.39, 0.29) is 5.91 Å². The molecule has 1 aliphatic rings. The van der Waals surface area contributed by atoms with Crippen LogP contribution in [0.3, 0.4) is 0 Å². The SMILES string of the molecule is CCC(CC)NC(=O)CN1CCCC(CNC(C)C)C1. The summed E-state index contributed by atoms with van der Waals surface area (Å²) in [6.45, 7) is 12.4. The molecule has 0 aromatic carbocycles. The minimum atomic E-state index is 0.191. The molecule has 1 heterocycles. The normalized spacial score (nSPS) is 20.6. The second-order valence-corrected chi connectivity index (χ2v) is 6.39. The summed E-state index contributed by atoms with van der Waals surface area (Å²) in [5.74, 6) is 0.878. The molecule has 0 spiro atoms. The number of amides is 1. The summed E-state index contributed by atoms with van der Waals surface area (Å²) in [7, 11) is 0. The van der Waals surface area contributed by atoms with Crippen molar-refractivity contribution in [1.29, 1.82) is 0 Å². The molecule has 1 unspecified atom stereocenters. The van der Waals surface area contributed by atoms with E-state index in [9.17, 15) is 4.79 Å². The van der Waals surface area contributed by atoms with Crippen LogP contribution in [0.5, 0.6) is 0 Å². The lowest BCUT2D eigenvalue weighted by Gasteiger charge is -2.33. The van der Waals surface area contributed by atoms with Crippen LogP contribution >= 0.6 is 0 Å². The van der Waals surface area contributed by atoms with Gasteiger partial charge in [-0.2, -0.15) is 0 Å². The van der Waals surface area contributed by atoms with Gasteiger partial charge >= 0.3 is 0 Å². The predicted molar refractivity (Wildman–Crippen MR) is 84.8 cm³/mol. The molecule has 2 N–H and O–H groups in total. The highest BCUT2D eigenvalue weighted by Gasteiger charge is 2.22. The van der Waals surface area contributed by atoms with Crippen LogP contribution in [0.25, 0.3) is 0 Å². The zero-order chi connectivity index (χ0) is 15.0. The molecule has 1 fully saturated rings. The molecule has 0 bridgehead atoms. The molecule has 1 aliphatic heterocycles. The lowest BCUT2D eigenvalue weighted by molar-refractivity contribution is -0.123. The Morgan fingerprint density at radius 1 is 1.30 bits per heavy atom. The van der Waals surface area contributed by atoms with Gasteiger partial charge in [0.2, 0.25) is 5.91 Å². The highest BCUT2D eigenvalue weighted by atomic mass is 16.2. The van der Waals surface area contributed by atoms with Crippen molar-refractivity contribution in [3.63, 3.8) is 0 Å². The highest BCUT2D eigenvalue weighted by molar-refractivity contribution is 5.78. The minimum absolute atomic E-state index is 0.191. The van der Waals surface area contributed by atoms with Gasteiger partial charge in [-0.1, -0.05) is 27.7 Å². The van der Waals surface area contributed by atoms with Crippen molar-refractivity contribution in [2.45, 2.75) is 65.5 Å². The van der Waals surface area contributed by atoms with E-state index in [1.807, 2.05) is 0 Å². The molecule has 4 heteroatoms. The smallest absolute Gasteiger partial charge is 0.234 e. The average molecular weight is 283 g/mol. The van der Waals surface area contributed by atoms with E-state index in [1.54, 1.807) is 0 Å². The van der Waals surface area contributed by atoms with E-state index in [0.29, 0.717) is 24.5 Å². The number of nitrogens with one attached hydrogen (secondary N) is 2. The number of hydrogen-bond donors (Lipinski definition) is 2. The third-order valence-electron chi connectivity index (χ3n) is 4.14. The third-order valence-corrected chi connectivity index (χ3v) is 4.14. The molecule has 1 atom stereocenters. The Labute approximate surface area is 124 Å². The fraction of sp³-hybridized carbons (Fsp3) is 0.938. The Bertz CT molecular complexity index is 277. The van der Waals surface area contributed by atoms with Crippen LogP contribution in [0.4, 0.5) is 0 Å². The van der Waals surface area contributed by atoms with Gasteiger partial charge in [-0.15, -0.1) is 0 Å². The predicted octanol–water partition coefficient (Wildman–Crippen LogP) is 2.00. The topological polar surface area (TPSA) is 44.4 Å². The number of likely N-dealkylation sites (tertiary alicyclic amines) is 1. The van der Waals surface area contributed by atoms with Gasteiger partial charge in [-0.25, -0.2) is 0 Å². The average Bonchev–Trinajstić information content (AvgIpc) is 2.43. The van der Waals surface area contributed by atoms with Crippen LogP contribution in [0.2, 0.25) is 0 Å². The molecule has 1 saturated heterocycles. The van der Waals surface area contributed by atoms with Crippen molar-refractivity contribution < 1.29 is 4.79 Å². The van der Waals surface area contributed by atoms with Gasteiger partial charge in [0, 0.05) is 18.6 Å². The molecule has 0 aromatic rings. The zero-order valence-corrected chi connectivity index (χ0v) is 13.7. The van der Waals surface area contributed by atoms with Crippen LogP contribution in [-0.2, 0) is 4.79 Å². The molecule has 0 aromatic heterocycles. The van der Waals surface area contributed by atoms with Gasteiger partial charge in [0.25, 0.3) is 0 Å². The second-order valence-electron chi connectivity index (χ2n) is 6.39. The van der Waals surface area contributed by atoms with E-state index < -0.39 is 0 Å². The van der Waals surface area contributed by atoms with Gasteiger partial charge in [0.1, 0.15) is 0 Å². The summed E-state index contributed by atoms with van der Waals surface area (Å²) in [5, 5.41) is 6.64. The summed E-state index contributed by atoms with van der Waals surface area (Å²) in [5.41, 5.74) is 0. The molecule has 1 amide bonds. The number of hydrogen-bond acceptors (Lipinski definition) is 3. The first-order valence-corrected chi connectivity index (χ1v) is 8.30. The number of carbonyl (C=O) groups excluding carboxylic acids is 1. The first-order chi connectivity index (χ1) is 9.55. The maximum atomic E-state index is 12.0. The number of piperidine rings is 1. The Morgan fingerprint density at radius 2 is 2.00 bits per heavy atom. The fourth-order valence-electron chi connectivity index (χ4n) is 2.83. The molecular formula is C16H33N3O. The first-order valence-electron chi connectivity index (χ1n) is 8.30. The maximum Gasteiger partial charge on any atom is 0.234 e. The van der Waals surface area contributed by atoms with Crippen LogP contribution < -0.4 is 10.6 Å². The van der Waals surface area contributed by atoms with Crippen molar-refractivity contribution in [3.05, 3.63) is 0 Å². The molecule has 0 saturated carbocycles. The van der Waals surface area contributed by atoms with Gasteiger partial charge in [-0.05, 0) is 44.7 Å². The van der Waals surface area contributed by atoms with Crippen LogP contribution in [-0.4, -0.2) is 49.1 Å². The van der Waals surface area contributed by atoms with E-state index in [0.717, 1.165) is 32.5 Å². The van der Waals surface area contributed by atoms with Gasteiger partial charge in [0.05, 0.1) is 6.54 Å². The van der Waals surface area contributed by atoms with Crippen molar-refractivity contribution >= 4 is 5.91 Å². The zero-order valence-electron chi connectivity index (χ0n) is 13.7. The lowest BCUT2D eigenvalue weighted by Crippen LogP contribution is -2.46. The Balaban J connectivity index is 2.30. The second kappa shape index (κ2) is 9.35. The molecule has 20 heavy (non-hydrogen) atoms. The number of rotatable bonds is 8. The molecule has 4 nitrogen and oxygen atoms in total. The molecule has 0 radical (unpaired) electrons. The summed E-state index contributed by atoms with van der Waals surface area (Å²) >= 11 is 0. The van der Waals surface area contributed by atoms with Crippen molar-refractivity contribution in [2.75, 3.05) is 26.2 Å². The Morgan fingerprint density at radius 3 is 2.60 bits per heavy atom. The standard InChI is InChI=1S/C16H33N3O/c1-5-15(6-2)18-16(20)12-19-9-7-8-14(11-19)10-17-13(3)4/h13-15,17H,5-12H2,1-4H3,(H,18,20). The van der Waals surface area contributed by atoms with Crippen molar-refractivity contribution in [1.82, 2.24) is 15.5 Å². The van der Waals surface area contributed by atoms with Crippen LogP contribution in [0.1, 0.15) is 53.4 Å². The lowest BCUT2D eigenvalue weighted by atomic mass is 9.97. The summed E-state index contributed by atoms with van der Waals surface area (Å²) in [4.78, 5) is 14.4. The van der Waals surface area contributed by atoms with Gasteiger partial charge in [0.15, 0.2) is 0 Å². The number of nitrogens with zero attached hydrogens (tertiary/aromatic N) is 1. The quantitative estimate of drug-likeness (QED) is 0.716. The van der Waals surface area contributed by atoms with E-state index in [4.69, 9.17) is 0 Å². The highest BCUT2D eigenvalue weighted by Crippen LogP contribution is 2.15. The molecule has 118 valence electrons. The largest absolute Gasteiger partial charge is 0.352 e. The summed E-state index contributed by atoms with van der Waals surface area (Å²) in [6.07, 6.45) is 4.53. The first kappa shape index (κ1) is 17.4. The monoisotopic (exact) mass is 283 g/mol. The maximum absolute atomic E-state index is 12.0. The van der Waals surface area contributed by atoms with Crippen molar-refractivity contribution in [3.8, 4) is 0 Å². The number of carbonyl (C=O) groups is 1. The van der Waals surface area contributed by atoms with Gasteiger partial charge < -0.3 is 10.6 Å². The van der Waals surface area contributed by atoms with Crippen LogP contribution in [0, 0.1) is 5.92 Å². The van der Waals surface area contributed by atoms with Gasteiger partial charge in [-0.3, -0.25) is 9.69 Å². The van der Waals surface area contributed by atoms with Crippen LogP contribution in [0.15, 0.2) is 0 Å². The fourth-order valence-corrected chi connectivity index (χ4v) is 2.83. The summed E-state index contributed by atoms with van der Waals surface area (Å²) < 4.78 is 0. The molecule has 1 rings (SSSR count). The molecular weight excluding hydrogens is 250 g/mol. The summed E-state index contributed by atoms with van der Waals surface area (Å²) in [6, 6.07) is 0.884. The minimum Gasteiger partial charge on any atom is -0.352 e. The molecule has 0 aliphatic carbocycles. The Hall–Kier alpha value is -0.610. The van der Waals surface area contributed by atoms with E-state index in [1.165, 1.54) is 12.8 Å². The van der Waals surface area contributed by atoms with Crippen molar-refractivity contribution in [2.24, 2.45) is 5.92 Å².